The third kappa shape index (κ3) is 1.69. The quantitative estimate of drug-likeness (QED) is 0.585. The molecule has 4 rings (SSSR count). The molecule has 2 aliphatic rings. The normalized spacial score (nSPS) is 11.3. The Morgan fingerprint density at radius 1 is 1.09 bits per heavy atom. The number of aromatic carboxylic acids is 1. The molecule has 106 valence electrons. The predicted molar refractivity (Wildman–Crippen MR) is 82.5 cm³/mol. The number of carbonyl (C=O) groups is 1. The van der Waals surface area contributed by atoms with E-state index in [0.717, 1.165) is 22.5 Å². The minimum Gasteiger partial charge on any atom is -0.477 e. The van der Waals surface area contributed by atoms with E-state index in [4.69, 9.17) is 0 Å². The molecule has 0 amide bonds. The van der Waals surface area contributed by atoms with Crippen LogP contribution in [0.4, 0.5) is 0 Å². The van der Waals surface area contributed by atoms with Crippen LogP contribution in [0.2, 0.25) is 0 Å². The number of nitrogens with zero attached hydrogens (tertiary/aromatic N) is 2. The molecule has 5 heteroatoms. The number of aromatic nitrogens is 2. The number of hydrogen-bond donors (Lipinski definition) is 1. The summed E-state index contributed by atoms with van der Waals surface area (Å²) in [5, 5.41) is 10.3. The molecule has 0 saturated carbocycles. The van der Waals surface area contributed by atoms with Crippen LogP contribution in [0.15, 0.2) is 59.5 Å². The van der Waals surface area contributed by atoms with Crippen LogP contribution in [0.5, 0.6) is 0 Å². The van der Waals surface area contributed by atoms with E-state index in [1.54, 1.807) is 12.3 Å². The van der Waals surface area contributed by atoms with E-state index in [9.17, 15) is 14.7 Å². The third-order valence-corrected chi connectivity index (χ3v) is 3.72. The van der Waals surface area contributed by atoms with Gasteiger partial charge in [-0.3, -0.25) is 4.79 Å². The summed E-state index contributed by atoms with van der Waals surface area (Å²) in [4.78, 5) is 27.8. The standard InChI is InChI=1S/C17H10N2O3/c20-10-8-14-16-12(11-4-1-2-6-13(11)18-16)5-3-7-19(14)15(9-10)17(21)22/h1-9H,(H,21,22). The lowest BCUT2D eigenvalue weighted by Gasteiger charge is -2.03. The van der Waals surface area contributed by atoms with Crippen molar-refractivity contribution in [3.63, 3.8) is 0 Å². The molecule has 0 spiro atoms. The summed E-state index contributed by atoms with van der Waals surface area (Å²) in [6.45, 7) is 0. The lowest BCUT2D eigenvalue weighted by atomic mass is 10.1. The van der Waals surface area contributed by atoms with Crippen LogP contribution < -0.4 is 5.43 Å². The van der Waals surface area contributed by atoms with Gasteiger partial charge in [0.1, 0.15) is 5.69 Å². The molecule has 1 aromatic heterocycles. The molecule has 5 nitrogen and oxygen atoms in total. The molecule has 0 bridgehead atoms. The molecular formula is C17H10N2O3. The molecular weight excluding hydrogens is 280 g/mol. The first-order valence-corrected chi connectivity index (χ1v) is 6.72. The van der Waals surface area contributed by atoms with Gasteiger partial charge >= 0.3 is 5.97 Å². The van der Waals surface area contributed by atoms with Crippen LogP contribution in [-0.2, 0) is 0 Å². The molecule has 0 radical (unpaired) electrons. The van der Waals surface area contributed by atoms with E-state index < -0.39 is 5.97 Å². The number of pyridine rings is 1. The average molecular weight is 290 g/mol. The van der Waals surface area contributed by atoms with E-state index in [1.807, 2.05) is 30.3 Å². The monoisotopic (exact) mass is 290 g/mol. The zero-order valence-corrected chi connectivity index (χ0v) is 11.4. The van der Waals surface area contributed by atoms with Crippen molar-refractivity contribution >= 4 is 22.4 Å². The summed E-state index contributed by atoms with van der Waals surface area (Å²) < 4.78 is 1.48. The van der Waals surface area contributed by atoms with Crippen LogP contribution >= 0.6 is 0 Å². The summed E-state index contributed by atoms with van der Waals surface area (Å²) in [5.41, 5.74) is 2.38. The van der Waals surface area contributed by atoms with Crippen molar-refractivity contribution in [2.75, 3.05) is 0 Å². The summed E-state index contributed by atoms with van der Waals surface area (Å²) in [6, 6.07) is 13.8. The number of fused-ring (bicyclic) bond motifs is 5. The number of hydrogen-bond acceptors (Lipinski definition) is 3. The van der Waals surface area contributed by atoms with Crippen molar-refractivity contribution in [1.82, 2.24) is 9.38 Å². The van der Waals surface area contributed by atoms with E-state index >= 15 is 0 Å². The highest BCUT2D eigenvalue weighted by molar-refractivity contribution is 6.01. The Bertz CT molecular complexity index is 1080. The van der Waals surface area contributed by atoms with Crippen LogP contribution in [-0.4, -0.2) is 20.5 Å². The Morgan fingerprint density at radius 3 is 2.73 bits per heavy atom. The van der Waals surface area contributed by atoms with Crippen LogP contribution in [0.3, 0.4) is 0 Å². The highest BCUT2D eigenvalue weighted by Crippen LogP contribution is 2.32. The first kappa shape index (κ1) is 12.5. The largest absolute Gasteiger partial charge is 0.477 e. The zero-order chi connectivity index (χ0) is 15.3. The average Bonchev–Trinajstić information content (AvgIpc) is 2.77. The fourth-order valence-corrected chi connectivity index (χ4v) is 2.78. The van der Waals surface area contributed by atoms with Gasteiger partial charge in [0.05, 0.1) is 16.7 Å². The molecule has 2 aromatic rings. The molecule has 0 fully saturated rings. The molecule has 1 aromatic carbocycles. The van der Waals surface area contributed by atoms with Gasteiger partial charge in [-0.2, -0.15) is 0 Å². The summed E-state index contributed by atoms with van der Waals surface area (Å²) in [5.74, 6) is -1.15. The Labute approximate surface area is 124 Å². The Hall–Kier alpha value is -3.21. The van der Waals surface area contributed by atoms with Crippen molar-refractivity contribution in [2.45, 2.75) is 0 Å². The Balaban J connectivity index is 2.27. The molecule has 0 unspecified atom stereocenters. The van der Waals surface area contributed by atoms with Crippen LogP contribution in [0.1, 0.15) is 10.5 Å². The fourth-order valence-electron chi connectivity index (χ4n) is 2.78. The highest BCUT2D eigenvalue weighted by Gasteiger charge is 2.16. The molecule has 0 atom stereocenters. The molecule has 0 aliphatic carbocycles. The van der Waals surface area contributed by atoms with Crippen molar-refractivity contribution in [2.24, 2.45) is 0 Å². The minimum atomic E-state index is -1.15. The molecule has 2 aliphatic heterocycles. The van der Waals surface area contributed by atoms with Gasteiger partial charge in [-0.15, -0.1) is 0 Å². The van der Waals surface area contributed by atoms with Crippen molar-refractivity contribution in [1.29, 1.82) is 0 Å². The summed E-state index contributed by atoms with van der Waals surface area (Å²) in [6.07, 6.45) is 1.63. The van der Waals surface area contributed by atoms with Crippen LogP contribution in [0, 0.1) is 0 Å². The smallest absolute Gasteiger partial charge is 0.353 e. The fraction of sp³-hybridized carbons (Fsp3) is 0. The summed E-state index contributed by atoms with van der Waals surface area (Å²) >= 11 is 0. The highest BCUT2D eigenvalue weighted by atomic mass is 16.4. The number of benzene rings is 1. The number of para-hydroxylation sites is 1. The van der Waals surface area contributed by atoms with Crippen LogP contribution in [0.25, 0.3) is 27.7 Å². The second-order valence-electron chi connectivity index (χ2n) is 5.04. The van der Waals surface area contributed by atoms with E-state index in [1.165, 1.54) is 10.5 Å². The number of rotatable bonds is 1. The maximum absolute atomic E-state index is 11.9. The van der Waals surface area contributed by atoms with Gasteiger partial charge in [-0.1, -0.05) is 24.3 Å². The van der Waals surface area contributed by atoms with Crippen molar-refractivity contribution in [3.05, 3.63) is 70.6 Å². The molecule has 0 saturated heterocycles. The number of carboxylic acid groups (broad SMARTS) is 1. The SMILES string of the molecule is O=C(O)c1cc(=O)cc2c3nc4ccccc4c-3cccn12. The molecule has 3 heterocycles. The topological polar surface area (TPSA) is 71.7 Å². The van der Waals surface area contributed by atoms with Gasteiger partial charge in [-0.25, -0.2) is 9.78 Å². The molecule has 22 heavy (non-hydrogen) atoms. The number of carboxylic acids is 1. The maximum atomic E-state index is 11.9. The van der Waals surface area contributed by atoms with E-state index in [-0.39, 0.29) is 11.1 Å². The molecule has 1 N–H and O–H groups in total. The second-order valence-corrected chi connectivity index (χ2v) is 5.04. The van der Waals surface area contributed by atoms with Gasteiger partial charge in [-0.05, 0) is 12.1 Å². The van der Waals surface area contributed by atoms with Crippen molar-refractivity contribution in [3.8, 4) is 11.3 Å². The minimum absolute atomic E-state index is 0.0768. The second kappa shape index (κ2) is 4.39. The Kier molecular flexibility index (Phi) is 2.50. The predicted octanol–water partition coefficient (Wildman–Crippen LogP) is 2.65. The third-order valence-electron chi connectivity index (χ3n) is 3.72. The van der Waals surface area contributed by atoms with Gasteiger partial charge < -0.3 is 9.51 Å². The van der Waals surface area contributed by atoms with E-state index in [2.05, 4.69) is 4.98 Å². The maximum Gasteiger partial charge on any atom is 0.353 e. The van der Waals surface area contributed by atoms with E-state index in [0.29, 0.717) is 11.2 Å². The Morgan fingerprint density at radius 2 is 1.91 bits per heavy atom. The van der Waals surface area contributed by atoms with Gasteiger partial charge in [0, 0.05) is 29.3 Å². The van der Waals surface area contributed by atoms with Gasteiger partial charge in [0.2, 0.25) is 0 Å². The van der Waals surface area contributed by atoms with Gasteiger partial charge in [0.15, 0.2) is 5.43 Å². The summed E-state index contributed by atoms with van der Waals surface area (Å²) in [7, 11) is 0. The van der Waals surface area contributed by atoms with Crippen molar-refractivity contribution < 1.29 is 9.90 Å². The van der Waals surface area contributed by atoms with Gasteiger partial charge in [0.25, 0.3) is 0 Å². The zero-order valence-electron chi connectivity index (χ0n) is 11.4. The first-order chi connectivity index (χ1) is 10.6. The lowest BCUT2D eigenvalue weighted by molar-refractivity contribution is 0.0688. The first-order valence-electron chi connectivity index (χ1n) is 6.72. The lowest BCUT2D eigenvalue weighted by Crippen LogP contribution is -2.11.